The molecule has 9 nitrogen and oxygen atoms in total. The molecule has 33 heavy (non-hydrogen) atoms. The molecule has 4 rings (SSSR count). The number of carbonyl (C=O) groups excluding carboxylic acids is 4. The third kappa shape index (κ3) is 4.72. The number of methoxy groups -OCH3 is 1. The molecule has 0 saturated carbocycles. The van der Waals surface area contributed by atoms with Gasteiger partial charge in [-0.2, -0.15) is 0 Å². The Morgan fingerprint density at radius 3 is 2.73 bits per heavy atom. The molecule has 3 N–H and O–H groups in total. The minimum absolute atomic E-state index is 0.0586. The lowest BCUT2D eigenvalue weighted by Gasteiger charge is -2.13. The summed E-state index contributed by atoms with van der Waals surface area (Å²) in [6.07, 6.45) is -0.367. The molecule has 0 radical (unpaired) electrons. The first kappa shape index (κ1) is 22.1. The van der Waals surface area contributed by atoms with Crippen molar-refractivity contribution in [1.82, 2.24) is 10.3 Å². The molecule has 1 aliphatic heterocycles. The maximum Gasteiger partial charge on any atom is 0.358 e. The van der Waals surface area contributed by atoms with E-state index in [1.807, 2.05) is 0 Å². The zero-order valence-electron chi connectivity index (χ0n) is 17.2. The Bertz CT molecular complexity index is 1280. The monoisotopic (exact) mass is 468 g/mol. The zero-order chi connectivity index (χ0) is 23.5. The highest BCUT2D eigenvalue weighted by molar-refractivity contribution is 7.19. The van der Waals surface area contributed by atoms with Crippen LogP contribution >= 0.6 is 11.3 Å². The van der Waals surface area contributed by atoms with Gasteiger partial charge >= 0.3 is 5.97 Å². The second kappa shape index (κ2) is 9.17. The molecule has 2 aromatic carbocycles. The van der Waals surface area contributed by atoms with Crippen LogP contribution in [-0.4, -0.2) is 41.8 Å². The van der Waals surface area contributed by atoms with Crippen molar-refractivity contribution < 1.29 is 28.3 Å². The number of thiazole rings is 1. The molecule has 0 saturated heterocycles. The number of anilines is 2. The van der Waals surface area contributed by atoms with Crippen LogP contribution in [0.4, 0.5) is 15.2 Å². The quantitative estimate of drug-likeness (QED) is 0.495. The molecule has 0 bridgehead atoms. The molecule has 1 aromatic heterocycles. The number of esters is 1. The third-order valence-corrected chi connectivity index (χ3v) is 5.80. The van der Waals surface area contributed by atoms with Gasteiger partial charge in [-0.1, -0.05) is 35.6 Å². The number of nitrogens with one attached hydrogen (secondary N) is 3. The molecule has 1 atom stereocenters. The maximum absolute atomic E-state index is 13.7. The van der Waals surface area contributed by atoms with Gasteiger partial charge in [-0.25, -0.2) is 14.2 Å². The molecule has 11 heteroatoms. The summed E-state index contributed by atoms with van der Waals surface area (Å²) in [7, 11) is 1.18. The standard InChI is InChI=1S/C22H17FN4O5S/c1-32-21(31)17-18(11-5-4-6-12(23)9-11)33-22(27-17)26-16(28)10-15-20(30)24-14-8-3-2-7-13(14)19(29)25-15/h2-9,15H,10H2,1H3,(H,24,30)(H,25,29)(H,26,27,28)/t15-/m0/s1. The van der Waals surface area contributed by atoms with Crippen molar-refractivity contribution in [2.24, 2.45) is 0 Å². The minimum Gasteiger partial charge on any atom is -0.464 e. The summed E-state index contributed by atoms with van der Waals surface area (Å²) in [6.45, 7) is 0. The molecule has 3 amide bonds. The van der Waals surface area contributed by atoms with E-state index >= 15 is 0 Å². The van der Waals surface area contributed by atoms with Crippen molar-refractivity contribution in [3.8, 4) is 10.4 Å². The van der Waals surface area contributed by atoms with Gasteiger partial charge < -0.3 is 20.7 Å². The Balaban J connectivity index is 1.52. The normalized spacial score (nSPS) is 15.0. The molecular weight excluding hydrogens is 451 g/mol. The van der Waals surface area contributed by atoms with Gasteiger partial charge in [-0.15, -0.1) is 0 Å². The zero-order valence-corrected chi connectivity index (χ0v) is 18.0. The highest BCUT2D eigenvalue weighted by Crippen LogP contribution is 2.34. The topological polar surface area (TPSA) is 126 Å². The van der Waals surface area contributed by atoms with Gasteiger partial charge in [0.05, 0.1) is 29.7 Å². The van der Waals surface area contributed by atoms with Crippen LogP contribution in [0.5, 0.6) is 0 Å². The first-order chi connectivity index (χ1) is 15.9. The molecular formula is C22H17FN4O5S. The van der Waals surface area contributed by atoms with E-state index in [9.17, 15) is 23.6 Å². The predicted molar refractivity (Wildman–Crippen MR) is 118 cm³/mol. The van der Waals surface area contributed by atoms with E-state index in [-0.39, 0.29) is 22.8 Å². The van der Waals surface area contributed by atoms with Crippen LogP contribution in [0, 0.1) is 5.82 Å². The number of aromatic nitrogens is 1. The number of para-hydroxylation sites is 1. The first-order valence-corrected chi connectivity index (χ1v) is 10.5. The molecule has 3 aromatic rings. The van der Waals surface area contributed by atoms with E-state index in [0.717, 1.165) is 11.3 Å². The Morgan fingerprint density at radius 2 is 1.97 bits per heavy atom. The van der Waals surface area contributed by atoms with E-state index in [2.05, 4.69) is 20.9 Å². The van der Waals surface area contributed by atoms with Crippen LogP contribution in [0.1, 0.15) is 27.3 Å². The fraction of sp³-hybridized carbons (Fsp3) is 0.136. The Hall–Kier alpha value is -4.12. The lowest BCUT2D eigenvalue weighted by molar-refractivity contribution is -0.122. The Morgan fingerprint density at radius 1 is 1.18 bits per heavy atom. The third-order valence-electron chi connectivity index (χ3n) is 4.78. The van der Waals surface area contributed by atoms with Crippen molar-refractivity contribution in [1.29, 1.82) is 0 Å². The number of halogens is 1. The van der Waals surface area contributed by atoms with E-state index in [1.54, 1.807) is 30.3 Å². The van der Waals surface area contributed by atoms with Gasteiger partial charge in [0.25, 0.3) is 5.91 Å². The number of benzene rings is 2. The number of fused-ring (bicyclic) bond motifs is 1. The van der Waals surface area contributed by atoms with Crippen LogP contribution in [0.3, 0.4) is 0 Å². The fourth-order valence-corrected chi connectivity index (χ4v) is 4.21. The second-order valence-corrected chi connectivity index (χ2v) is 8.01. The summed E-state index contributed by atoms with van der Waals surface area (Å²) in [6, 6.07) is 10.9. The number of nitrogens with zero attached hydrogens (tertiary/aromatic N) is 1. The first-order valence-electron chi connectivity index (χ1n) is 9.71. The summed E-state index contributed by atoms with van der Waals surface area (Å²) >= 11 is 0.952. The summed E-state index contributed by atoms with van der Waals surface area (Å²) in [5.74, 6) is -2.90. The van der Waals surface area contributed by atoms with Crippen LogP contribution in [0.2, 0.25) is 0 Å². The number of ether oxygens (including phenoxy) is 1. The molecule has 0 fully saturated rings. The van der Waals surface area contributed by atoms with Crippen molar-refractivity contribution in [2.75, 3.05) is 17.7 Å². The lowest BCUT2D eigenvalue weighted by Crippen LogP contribution is -2.43. The minimum atomic E-state index is -1.12. The van der Waals surface area contributed by atoms with Gasteiger partial charge in [-0.3, -0.25) is 14.4 Å². The number of rotatable bonds is 5. The molecule has 168 valence electrons. The Labute approximate surface area is 191 Å². The largest absolute Gasteiger partial charge is 0.464 e. The number of hydrogen-bond acceptors (Lipinski definition) is 7. The molecule has 2 heterocycles. The summed E-state index contributed by atoms with van der Waals surface area (Å²) in [5.41, 5.74) is 0.947. The summed E-state index contributed by atoms with van der Waals surface area (Å²) in [5, 5.41) is 7.74. The van der Waals surface area contributed by atoms with E-state index < -0.39 is 35.5 Å². The predicted octanol–water partition coefficient (Wildman–Crippen LogP) is 2.82. The van der Waals surface area contributed by atoms with E-state index in [0.29, 0.717) is 16.1 Å². The lowest BCUT2D eigenvalue weighted by atomic mass is 10.1. The highest BCUT2D eigenvalue weighted by Gasteiger charge is 2.30. The van der Waals surface area contributed by atoms with Crippen LogP contribution in [0.25, 0.3) is 10.4 Å². The van der Waals surface area contributed by atoms with Gasteiger partial charge in [0.15, 0.2) is 10.8 Å². The average molecular weight is 468 g/mol. The van der Waals surface area contributed by atoms with Crippen LogP contribution in [0.15, 0.2) is 48.5 Å². The number of hydrogen-bond donors (Lipinski definition) is 3. The molecule has 0 aliphatic carbocycles. The summed E-state index contributed by atoms with van der Waals surface area (Å²) in [4.78, 5) is 54.1. The molecule has 0 spiro atoms. The van der Waals surface area contributed by atoms with Gasteiger partial charge in [0.2, 0.25) is 11.8 Å². The number of carbonyl (C=O) groups is 4. The summed E-state index contributed by atoms with van der Waals surface area (Å²) < 4.78 is 18.4. The fourth-order valence-electron chi connectivity index (χ4n) is 3.24. The molecule has 0 unspecified atom stereocenters. The van der Waals surface area contributed by atoms with E-state index in [1.165, 1.54) is 25.3 Å². The van der Waals surface area contributed by atoms with Gasteiger partial charge in [0, 0.05) is 0 Å². The van der Waals surface area contributed by atoms with Crippen LogP contribution < -0.4 is 16.0 Å². The Kier molecular flexibility index (Phi) is 6.13. The average Bonchev–Trinajstić information content (AvgIpc) is 3.17. The van der Waals surface area contributed by atoms with Crippen molar-refractivity contribution in [3.05, 3.63) is 65.6 Å². The maximum atomic E-state index is 13.7. The van der Waals surface area contributed by atoms with Gasteiger partial charge in [-0.05, 0) is 29.8 Å². The van der Waals surface area contributed by atoms with E-state index in [4.69, 9.17) is 4.74 Å². The SMILES string of the molecule is COC(=O)c1nc(NC(=O)C[C@@H]2NC(=O)c3ccccc3NC2=O)sc1-c1cccc(F)c1. The van der Waals surface area contributed by atoms with Crippen molar-refractivity contribution >= 4 is 45.8 Å². The van der Waals surface area contributed by atoms with Crippen molar-refractivity contribution in [2.45, 2.75) is 12.5 Å². The van der Waals surface area contributed by atoms with Crippen molar-refractivity contribution in [3.63, 3.8) is 0 Å². The number of amides is 3. The second-order valence-electron chi connectivity index (χ2n) is 7.01. The smallest absolute Gasteiger partial charge is 0.358 e. The highest BCUT2D eigenvalue weighted by atomic mass is 32.1. The van der Waals surface area contributed by atoms with Crippen LogP contribution in [-0.2, 0) is 14.3 Å². The van der Waals surface area contributed by atoms with Gasteiger partial charge in [0.1, 0.15) is 11.9 Å². The molecule has 1 aliphatic rings.